The molecule has 0 spiro atoms. The number of hydrogen-bond acceptors (Lipinski definition) is 4. The van der Waals surface area contributed by atoms with E-state index >= 15 is 0 Å². The van der Waals surface area contributed by atoms with Crippen LogP contribution in [0.3, 0.4) is 0 Å². The molecule has 0 amide bonds. The van der Waals surface area contributed by atoms with Crippen LogP contribution < -0.4 is 0 Å². The van der Waals surface area contributed by atoms with Gasteiger partial charge < -0.3 is 0 Å². The van der Waals surface area contributed by atoms with E-state index in [2.05, 4.69) is 48.5 Å². The zero-order chi connectivity index (χ0) is 31.6. The Morgan fingerprint density at radius 3 is 0.935 bits per heavy atom. The Labute approximate surface area is 305 Å². The van der Waals surface area contributed by atoms with Crippen molar-refractivity contribution in [3.63, 3.8) is 0 Å². The Morgan fingerprint density at radius 1 is 0.304 bits per heavy atom. The summed E-state index contributed by atoms with van der Waals surface area (Å²) in [5.74, 6) is 0. The molecule has 0 bridgehead atoms. The molecule has 0 aromatic heterocycles. The second-order valence-electron chi connectivity index (χ2n) is 10.2. The van der Waals surface area contributed by atoms with Gasteiger partial charge in [-0.3, -0.25) is 0 Å². The fourth-order valence-electron chi connectivity index (χ4n) is 5.04. The first-order chi connectivity index (χ1) is 22.4. The normalized spacial score (nSPS) is 11.4. The van der Waals surface area contributed by atoms with Crippen LogP contribution in [0.15, 0.2) is 173 Å². The molecule has 7 aromatic rings. The van der Waals surface area contributed by atoms with Crippen LogP contribution in [0.2, 0.25) is 20.1 Å². The lowest BCUT2D eigenvalue weighted by Gasteiger charge is -2.19. The molecule has 0 saturated heterocycles. The van der Waals surface area contributed by atoms with Crippen LogP contribution in [0, 0.1) is 0 Å². The van der Waals surface area contributed by atoms with E-state index in [4.69, 9.17) is 46.4 Å². The van der Waals surface area contributed by atoms with Crippen molar-refractivity contribution >= 4 is 115 Å². The van der Waals surface area contributed by atoms with Gasteiger partial charge in [-0.05, 0) is 94.3 Å². The second-order valence-corrected chi connectivity index (χ2v) is 16.2. The zero-order valence-corrected chi connectivity index (χ0v) is 30.1. The molecule has 0 saturated carbocycles. The van der Waals surface area contributed by atoms with E-state index in [0.717, 1.165) is 80.8 Å². The summed E-state index contributed by atoms with van der Waals surface area (Å²) < 4.78 is 0. The van der Waals surface area contributed by atoms with E-state index in [0.29, 0.717) is 0 Å². The van der Waals surface area contributed by atoms with E-state index in [1.807, 2.05) is 84.9 Å². The van der Waals surface area contributed by atoms with E-state index in [-0.39, 0.29) is 0 Å². The molecule has 0 heterocycles. The van der Waals surface area contributed by atoms with Crippen LogP contribution >= 0.6 is 93.5 Å². The highest BCUT2D eigenvalue weighted by molar-refractivity contribution is 8.01. The van der Waals surface area contributed by atoms with Crippen LogP contribution in [0.4, 0.5) is 0 Å². The van der Waals surface area contributed by atoms with Crippen LogP contribution in [0.25, 0.3) is 21.5 Å². The third-order valence-electron chi connectivity index (χ3n) is 7.19. The molecule has 0 aliphatic rings. The number of fused-ring (bicyclic) bond motifs is 2. The number of halogens is 4. The lowest BCUT2D eigenvalue weighted by molar-refractivity contribution is 1.38. The quantitative estimate of drug-likeness (QED) is 0.142. The minimum Gasteiger partial charge on any atom is -0.0885 e. The van der Waals surface area contributed by atoms with Crippen LogP contribution in [0.5, 0.6) is 0 Å². The summed E-state index contributed by atoms with van der Waals surface area (Å²) in [4.78, 5) is 8.48. The SMILES string of the molecule is Clc1ccccc1Sc1ccc2c(Sc3ccccc3Cl)c3cc(Sc4ccccc4Cl)ccc3c(Sc3ccccc3Cl)c2c1. The fourth-order valence-corrected chi connectivity index (χ4v) is 10.0. The molecule has 0 N–H and O–H groups in total. The van der Waals surface area contributed by atoms with Gasteiger partial charge in [-0.1, -0.05) is 154 Å². The molecule has 7 aromatic carbocycles. The molecule has 0 unspecified atom stereocenters. The Hall–Kier alpha value is -2.38. The monoisotopic (exact) mass is 746 g/mol. The summed E-state index contributed by atoms with van der Waals surface area (Å²) in [6.07, 6.45) is 0. The maximum atomic E-state index is 6.74. The number of rotatable bonds is 8. The van der Waals surface area contributed by atoms with Gasteiger partial charge in [0.2, 0.25) is 0 Å². The summed E-state index contributed by atoms with van der Waals surface area (Å²) >= 11 is 33.3. The Kier molecular flexibility index (Phi) is 10.1. The molecular formula is C38H22Cl4S4. The molecule has 46 heavy (non-hydrogen) atoms. The molecule has 0 radical (unpaired) electrons. The summed E-state index contributed by atoms with van der Waals surface area (Å²) in [7, 11) is 0. The van der Waals surface area contributed by atoms with Gasteiger partial charge in [0, 0.05) is 39.2 Å². The van der Waals surface area contributed by atoms with Crippen LogP contribution in [-0.4, -0.2) is 0 Å². The van der Waals surface area contributed by atoms with Gasteiger partial charge in [0.25, 0.3) is 0 Å². The largest absolute Gasteiger partial charge is 0.0885 e. The Morgan fingerprint density at radius 2 is 0.609 bits per heavy atom. The maximum absolute atomic E-state index is 6.74. The van der Waals surface area contributed by atoms with E-state index in [1.165, 1.54) is 0 Å². The van der Waals surface area contributed by atoms with Crippen molar-refractivity contribution in [2.45, 2.75) is 39.2 Å². The number of hydrogen-bond donors (Lipinski definition) is 0. The third-order valence-corrected chi connectivity index (χ3v) is 13.5. The first-order valence-electron chi connectivity index (χ1n) is 14.2. The predicted molar refractivity (Wildman–Crippen MR) is 204 cm³/mol. The van der Waals surface area contributed by atoms with Crippen molar-refractivity contribution in [3.05, 3.63) is 154 Å². The molecule has 8 heteroatoms. The van der Waals surface area contributed by atoms with Gasteiger partial charge in [0.05, 0.1) is 20.1 Å². The minimum absolute atomic E-state index is 0.718. The third kappa shape index (κ3) is 6.92. The minimum atomic E-state index is 0.718. The molecule has 0 nitrogen and oxygen atoms in total. The highest BCUT2D eigenvalue weighted by Crippen LogP contribution is 2.50. The zero-order valence-electron chi connectivity index (χ0n) is 23.8. The van der Waals surface area contributed by atoms with E-state index in [1.54, 1.807) is 47.0 Å². The van der Waals surface area contributed by atoms with Crippen molar-refractivity contribution in [2.24, 2.45) is 0 Å². The van der Waals surface area contributed by atoms with Gasteiger partial charge in [0.1, 0.15) is 0 Å². The summed E-state index contributed by atoms with van der Waals surface area (Å²) in [5.41, 5.74) is 0. The second kappa shape index (κ2) is 14.4. The summed E-state index contributed by atoms with van der Waals surface area (Å²) in [6.45, 7) is 0. The molecule has 0 aliphatic heterocycles. The Bertz CT molecular complexity index is 2080. The first kappa shape index (κ1) is 32.2. The highest BCUT2D eigenvalue weighted by Gasteiger charge is 2.20. The van der Waals surface area contributed by atoms with Crippen LogP contribution in [-0.2, 0) is 0 Å². The maximum Gasteiger partial charge on any atom is 0.0545 e. The first-order valence-corrected chi connectivity index (χ1v) is 19.0. The molecular weight excluding hydrogens is 726 g/mol. The molecule has 0 aliphatic carbocycles. The average Bonchev–Trinajstić information content (AvgIpc) is 3.06. The fraction of sp³-hybridized carbons (Fsp3) is 0. The van der Waals surface area contributed by atoms with E-state index in [9.17, 15) is 0 Å². The highest BCUT2D eigenvalue weighted by atomic mass is 35.5. The van der Waals surface area contributed by atoms with Crippen molar-refractivity contribution in [1.82, 2.24) is 0 Å². The molecule has 7 rings (SSSR count). The van der Waals surface area contributed by atoms with Crippen molar-refractivity contribution < 1.29 is 0 Å². The predicted octanol–water partition coefficient (Wildman–Crippen LogP) is 15.2. The lowest BCUT2D eigenvalue weighted by atomic mass is 10.0. The van der Waals surface area contributed by atoms with Crippen LogP contribution in [0.1, 0.15) is 0 Å². The van der Waals surface area contributed by atoms with Crippen molar-refractivity contribution in [3.8, 4) is 0 Å². The standard InChI is InChI=1S/C38H22Cl4S4/c39-29-9-1-5-13-33(29)43-23-17-19-25-27(21-23)37(45-35-15-7-3-11-31(35)41)26-20-18-24(44-34-14-6-2-10-30(34)40)22-28(26)38(25)46-36-16-8-4-12-32(36)42/h1-22H. The average molecular weight is 749 g/mol. The van der Waals surface area contributed by atoms with Gasteiger partial charge in [0.15, 0.2) is 0 Å². The number of benzene rings is 7. The summed E-state index contributed by atoms with van der Waals surface area (Å²) in [5, 5.41) is 7.44. The van der Waals surface area contributed by atoms with Gasteiger partial charge in [-0.2, -0.15) is 0 Å². The van der Waals surface area contributed by atoms with Crippen molar-refractivity contribution in [1.29, 1.82) is 0 Å². The molecule has 0 atom stereocenters. The van der Waals surface area contributed by atoms with Crippen molar-refractivity contribution in [2.75, 3.05) is 0 Å². The van der Waals surface area contributed by atoms with Gasteiger partial charge in [-0.25, -0.2) is 0 Å². The molecule has 0 fully saturated rings. The van der Waals surface area contributed by atoms with E-state index < -0.39 is 0 Å². The van der Waals surface area contributed by atoms with Gasteiger partial charge in [-0.15, -0.1) is 0 Å². The topological polar surface area (TPSA) is 0 Å². The Balaban J connectivity index is 1.48. The van der Waals surface area contributed by atoms with Gasteiger partial charge >= 0.3 is 0 Å². The molecule has 226 valence electrons. The summed E-state index contributed by atoms with van der Waals surface area (Å²) in [6, 6.07) is 45.2. The smallest absolute Gasteiger partial charge is 0.0545 e. The lowest BCUT2D eigenvalue weighted by Crippen LogP contribution is -1.90.